The molecule has 1 aromatic rings. The molecule has 2 N–H and O–H groups in total. The van der Waals surface area contributed by atoms with E-state index in [1.807, 2.05) is 0 Å². The normalized spacial score (nSPS) is 24.4. The first-order chi connectivity index (χ1) is 9.96. The fourth-order valence-electron chi connectivity index (χ4n) is 3.16. The van der Waals surface area contributed by atoms with E-state index in [0.717, 1.165) is 36.7 Å². The zero-order chi connectivity index (χ0) is 15.5. The fraction of sp³-hybridized carbons (Fsp3) is 0.750. The van der Waals surface area contributed by atoms with E-state index in [-0.39, 0.29) is 5.56 Å². The predicted molar refractivity (Wildman–Crippen MR) is 89.0 cm³/mol. The minimum atomic E-state index is -0.0341. The SMILES string of the molecule is CCCc1cc(=O)[nH]c(SC2CCC(C)(C)C2NCC)n1. The second kappa shape index (κ2) is 6.97. The lowest BCUT2D eigenvalue weighted by atomic mass is 9.87. The number of aromatic nitrogens is 2. The van der Waals surface area contributed by atoms with Gasteiger partial charge in [-0.15, -0.1) is 0 Å². The number of H-pyrrole nitrogens is 1. The zero-order valence-electron chi connectivity index (χ0n) is 13.5. The van der Waals surface area contributed by atoms with Crippen molar-refractivity contribution in [1.29, 1.82) is 0 Å². The van der Waals surface area contributed by atoms with Crippen molar-refractivity contribution >= 4 is 11.8 Å². The molecule has 0 spiro atoms. The summed E-state index contributed by atoms with van der Waals surface area (Å²) in [6.07, 6.45) is 4.25. The van der Waals surface area contributed by atoms with Crippen LogP contribution in [0.4, 0.5) is 0 Å². The molecule has 0 bridgehead atoms. The van der Waals surface area contributed by atoms with Crippen molar-refractivity contribution in [3.8, 4) is 0 Å². The number of rotatable bonds is 6. The quantitative estimate of drug-likeness (QED) is 0.793. The van der Waals surface area contributed by atoms with Crippen molar-refractivity contribution in [1.82, 2.24) is 15.3 Å². The van der Waals surface area contributed by atoms with Crippen molar-refractivity contribution in [3.63, 3.8) is 0 Å². The Morgan fingerprint density at radius 3 is 2.90 bits per heavy atom. The van der Waals surface area contributed by atoms with Gasteiger partial charge in [-0.05, 0) is 31.2 Å². The van der Waals surface area contributed by atoms with Crippen molar-refractivity contribution in [2.45, 2.75) is 69.8 Å². The van der Waals surface area contributed by atoms with Gasteiger partial charge in [-0.3, -0.25) is 4.79 Å². The summed E-state index contributed by atoms with van der Waals surface area (Å²) in [6, 6.07) is 2.08. The highest BCUT2D eigenvalue weighted by atomic mass is 32.2. The summed E-state index contributed by atoms with van der Waals surface area (Å²) in [5, 5.41) is 4.87. The van der Waals surface area contributed by atoms with Gasteiger partial charge in [0.2, 0.25) is 0 Å². The van der Waals surface area contributed by atoms with E-state index >= 15 is 0 Å². The molecule has 0 saturated heterocycles. The first-order valence-electron chi connectivity index (χ1n) is 7.96. The molecule has 118 valence electrons. The van der Waals surface area contributed by atoms with Crippen LogP contribution in [0, 0.1) is 5.41 Å². The number of thioether (sulfide) groups is 1. The maximum Gasteiger partial charge on any atom is 0.251 e. The fourth-order valence-corrected chi connectivity index (χ4v) is 4.61. The predicted octanol–water partition coefficient (Wildman–Crippen LogP) is 2.98. The average molecular weight is 309 g/mol. The van der Waals surface area contributed by atoms with Crippen molar-refractivity contribution in [3.05, 3.63) is 22.1 Å². The highest BCUT2D eigenvalue weighted by Gasteiger charge is 2.42. The first-order valence-corrected chi connectivity index (χ1v) is 8.84. The smallest absolute Gasteiger partial charge is 0.251 e. The van der Waals surface area contributed by atoms with Gasteiger partial charge in [0.25, 0.3) is 5.56 Å². The van der Waals surface area contributed by atoms with Gasteiger partial charge in [-0.25, -0.2) is 4.98 Å². The number of hydrogen-bond acceptors (Lipinski definition) is 4. The van der Waals surface area contributed by atoms with E-state index in [4.69, 9.17) is 0 Å². The van der Waals surface area contributed by atoms with Crippen LogP contribution in [0.5, 0.6) is 0 Å². The lowest BCUT2D eigenvalue weighted by Crippen LogP contribution is -2.43. The third kappa shape index (κ3) is 4.10. The summed E-state index contributed by atoms with van der Waals surface area (Å²) in [5.41, 5.74) is 1.17. The summed E-state index contributed by atoms with van der Waals surface area (Å²) >= 11 is 1.73. The molecule has 0 amide bonds. The Morgan fingerprint density at radius 1 is 1.48 bits per heavy atom. The van der Waals surface area contributed by atoms with E-state index in [0.29, 0.717) is 16.7 Å². The van der Waals surface area contributed by atoms with Crippen LogP contribution in [0.25, 0.3) is 0 Å². The minimum Gasteiger partial charge on any atom is -0.313 e. The van der Waals surface area contributed by atoms with Gasteiger partial charge < -0.3 is 10.3 Å². The molecule has 1 aromatic heterocycles. The van der Waals surface area contributed by atoms with Crippen LogP contribution in [0.3, 0.4) is 0 Å². The Hall–Kier alpha value is -0.810. The van der Waals surface area contributed by atoms with Gasteiger partial charge in [0.1, 0.15) is 0 Å². The lowest BCUT2D eigenvalue weighted by Gasteiger charge is -2.31. The summed E-state index contributed by atoms with van der Waals surface area (Å²) in [6.45, 7) is 9.88. The third-order valence-electron chi connectivity index (χ3n) is 4.25. The van der Waals surface area contributed by atoms with Crippen LogP contribution in [0.2, 0.25) is 0 Å². The Kier molecular flexibility index (Phi) is 5.49. The zero-order valence-corrected chi connectivity index (χ0v) is 14.3. The van der Waals surface area contributed by atoms with Gasteiger partial charge in [-0.2, -0.15) is 0 Å². The molecule has 1 aliphatic carbocycles. The maximum atomic E-state index is 11.8. The molecule has 2 atom stereocenters. The highest BCUT2D eigenvalue weighted by molar-refractivity contribution is 7.99. The molecule has 1 fully saturated rings. The van der Waals surface area contributed by atoms with E-state index in [9.17, 15) is 4.79 Å². The maximum absolute atomic E-state index is 11.8. The molecular formula is C16H27N3OS. The average Bonchev–Trinajstić information content (AvgIpc) is 2.66. The summed E-state index contributed by atoms with van der Waals surface area (Å²) in [7, 11) is 0. The minimum absolute atomic E-state index is 0.0341. The number of aryl methyl sites for hydroxylation is 1. The number of nitrogens with zero attached hydrogens (tertiary/aromatic N) is 1. The van der Waals surface area contributed by atoms with Crippen LogP contribution in [0.15, 0.2) is 16.0 Å². The van der Waals surface area contributed by atoms with E-state index in [1.54, 1.807) is 17.8 Å². The standard InChI is InChI=1S/C16H27N3OS/c1-5-7-11-10-13(20)19-15(18-11)21-12-8-9-16(3,4)14(12)17-6-2/h10,12,14,17H,5-9H2,1-4H3,(H,18,19,20). The van der Waals surface area contributed by atoms with Crippen LogP contribution in [0.1, 0.15) is 52.7 Å². The Balaban J connectivity index is 2.15. The molecule has 21 heavy (non-hydrogen) atoms. The monoisotopic (exact) mass is 309 g/mol. The second-order valence-corrected chi connectivity index (χ2v) is 7.74. The molecule has 5 heteroatoms. The van der Waals surface area contributed by atoms with E-state index < -0.39 is 0 Å². The number of nitrogens with one attached hydrogen (secondary N) is 2. The van der Waals surface area contributed by atoms with Crippen LogP contribution in [-0.4, -0.2) is 27.8 Å². The van der Waals surface area contributed by atoms with Crippen molar-refractivity contribution in [2.75, 3.05) is 6.54 Å². The summed E-state index contributed by atoms with van der Waals surface area (Å²) in [5.74, 6) is 0. The molecule has 1 aliphatic rings. The number of hydrogen-bond donors (Lipinski definition) is 2. The molecule has 1 saturated carbocycles. The first kappa shape index (κ1) is 16.6. The van der Waals surface area contributed by atoms with Gasteiger partial charge >= 0.3 is 0 Å². The second-order valence-electron chi connectivity index (χ2n) is 6.51. The largest absolute Gasteiger partial charge is 0.313 e. The topological polar surface area (TPSA) is 57.8 Å². The van der Waals surface area contributed by atoms with Gasteiger partial charge in [-0.1, -0.05) is 45.9 Å². The Morgan fingerprint density at radius 2 is 2.24 bits per heavy atom. The Labute approximate surface area is 131 Å². The van der Waals surface area contributed by atoms with E-state index in [1.165, 1.54) is 6.42 Å². The van der Waals surface area contributed by atoms with Crippen LogP contribution >= 0.6 is 11.8 Å². The molecule has 2 unspecified atom stereocenters. The molecule has 1 heterocycles. The van der Waals surface area contributed by atoms with Crippen molar-refractivity contribution in [2.24, 2.45) is 5.41 Å². The summed E-state index contributed by atoms with van der Waals surface area (Å²) in [4.78, 5) is 19.3. The molecule has 0 aliphatic heterocycles. The van der Waals surface area contributed by atoms with Gasteiger partial charge in [0, 0.05) is 23.1 Å². The van der Waals surface area contributed by atoms with Crippen LogP contribution < -0.4 is 10.9 Å². The van der Waals surface area contributed by atoms with E-state index in [2.05, 4.69) is 43.0 Å². The van der Waals surface area contributed by atoms with Gasteiger partial charge in [0.15, 0.2) is 5.16 Å². The molecule has 0 aromatic carbocycles. The number of aromatic amines is 1. The molecule has 2 rings (SSSR count). The molecular weight excluding hydrogens is 282 g/mol. The van der Waals surface area contributed by atoms with Crippen molar-refractivity contribution < 1.29 is 0 Å². The lowest BCUT2D eigenvalue weighted by molar-refractivity contribution is 0.290. The third-order valence-corrected chi connectivity index (χ3v) is 5.48. The van der Waals surface area contributed by atoms with Crippen LogP contribution in [-0.2, 0) is 6.42 Å². The molecule has 0 radical (unpaired) electrons. The molecule has 4 nitrogen and oxygen atoms in total. The van der Waals surface area contributed by atoms with Gasteiger partial charge in [0.05, 0.1) is 0 Å². The Bertz CT molecular complexity index is 526. The summed E-state index contributed by atoms with van der Waals surface area (Å²) < 4.78 is 0. The highest BCUT2D eigenvalue weighted by Crippen LogP contribution is 2.44.